The van der Waals surface area contributed by atoms with Crippen molar-refractivity contribution < 1.29 is 14.3 Å². The Bertz CT molecular complexity index is 797. The summed E-state index contributed by atoms with van der Waals surface area (Å²) in [5.41, 5.74) is 1.53. The molecule has 0 N–H and O–H groups in total. The van der Waals surface area contributed by atoms with Gasteiger partial charge in [0, 0.05) is 5.56 Å². The molecule has 154 valence electrons. The third-order valence-electron chi connectivity index (χ3n) is 6.17. The van der Waals surface area contributed by atoms with Crippen molar-refractivity contribution in [3.63, 3.8) is 0 Å². The molecule has 2 aromatic rings. The molecule has 0 spiro atoms. The number of benzene rings is 2. The van der Waals surface area contributed by atoms with Gasteiger partial charge in [0.05, 0.1) is 0 Å². The maximum absolute atomic E-state index is 13.3. The maximum atomic E-state index is 13.3. The van der Waals surface area contributed by atoms with E-state index >= 15 is 0 Å². The lowest BCUT2D eigenvalue weighted by atomic mass is 9.75. The lowest BCUT2D eigenvalue weighted by molar-refractivity contribution is -0.159. The van der Waals surface area contributed by atoms with Gasteiger partial charge >= 0.3 is 5.97 Å². The molecule has 0 heterocycles. The van der Waals surface area contributed by atoms with Crippen LogP contribution in [-0.2, 0) is 16.0 Å². The minimum atomic E-state index is -0.815. The highest BCUT2D eigenvalue weighted by atomic mass is 16.5. The Morgan fingerprint density at radius 2 is 1.59 bits per heavy atom. The van der Waals surface area contributed by atoms with E-state index in [9.17, 15) is 9.59 Å². The van der Waals surface area contributed by atoms with Crippen molar-refractivity contribution in [2.45, 2.75) is 52.6 Å². The van der Waals surface area contributed by atoms with Crippen LogP contribution < -0.4 is 0 Å². The van der Waals surface area contributed by atoms with E-state index in [2.05, 4.69) is 20.8 Å². The number of rotatable bonds is 7. The zero-order valence-electron chi connectivity index (χ0n) is 17.7. The monoisotopic (exact) mass is 392 g/mol. The first-order valence-corrected chi connectivity index (χ1v) is 10.8. The van der Waals surface area contributed by atoms with Crippen LogP contribution >= 0.6 is 0 Å². The van der Waals surface area contributed by atoms with Gasteiger partial charge in [-0.25, -0.2) is 0 Å². The van der Waals surface area contributed by atoms with Crippen molar-refractivity contribution in [1.29, 1.82) is 0 Å². The van der Waals surface area contributed by atoms with Gasteiger partial charge in [0.1, 0.15) is 12.0 Å². The molecule has 4 atom stereocenters. The number of Topliss-reactive ketones (excluding diaryl/α,β-unsaturated/α-hetero) is 1. The van der Waals surface area contributed by atoms with Crippen LogP contribution in [0, 0.1) is 23.7 Å². The molecule has 3 nitrogen and oxygen atoms in total. The van der Waals surface area contributed by atoms with Crippen LogP contribution in [0.2, 0.25) is 0 Å². The molecule has 1 aliphatic carbocycles. The summed E-state index contributed by atoms with van der Waals surface area (Å²) in [4.78, 5) is 26.5. The number of carbonyl (C=O) groups excluding carboxylic acids is 2. The summed E-state index contributed by atoms with van der Waals surface area (Å²) in [6, 6.07) is 18.8. The van der Waals surface area contributed by atoms with Gasteiger partial charge < -0.3 is 4.74 Å². The van der Waals surface area contributed by atoms with Gasteiger partial charge in [-0.05, 0) is 42.6 Å². The number of carbonyl (C=O) groups is 2. The number of hydrogen-bond acceptors (Lipinski definition) is 3. The van der Waals surface area contributed by atoms with E-state index in [-0.39, 0.29) is 17.9 Å². The van der Waals surface area contributed by atoms with Gasteiger partial charge in [-0.1, -0.05) is 87.9 Å². The Morgan fingerprint density at radius 3 is 2.21 bits per heavy atom. The predicted molar refractivity (Wildman–Crippen MR) is 116 cm³/mol. The number of hydrogen-bond donors (Lipinski definition) is 0. The Labute approximate surface area is 174 Å². The zero-order valence-corrected chi connectivity index (χ0v) is 17.7. The van der Waals surface area contributed by atoms with Crippen LogP contribution in [0.15, 0.2) is 60.7 Å². The number of ketones is 1. The summed E-state index contributed by atoms with van der Waals surface area (Å²) in [7, 11) is 0. The Balaban J connectivity index is 1.82. The molecule has 4 unspecified atom stereocenters. The molecule has 29 heavy (non-hydrogen) atoms. The van der Waals surface area contributed by atoms with E-state index in [1.54, 1.807) is 12.1 Å². The minimum Gasteiger partial charge on any atom is -0.461 e. The van der Waals surface area contributed by atoms with Gasteiger partial charge in [0.15, 0.2) is 5.78 Å². The normalized spacial score (nSPS) is 22.8. The lowest BCUT2D eigenvalue weighted by Crippen LogP contribution is -2.39. The third kappa shape index (κ3) is 5.56. The predicted octanol–water partition coefficient (Wildman–Crippen LogP) is 5.73. The average molecular weight is 393 g/mol. The summed E-state index contributed by atoms with van der Waals surface area (Å²) in [5.74, 6) is -0.000965. The van der Waals surface area contributed by atoms with Crippen LogP contribution in [0.25, 0.3) is 0 Å². The second-order valence-electron chi connectivity index (χ2n) is 8.77. The highest BCUT2D eigenvalue weighted by Gasteiger charge is 2.37. The molecule has 1 aliphatic rings. The molecule has 0 radical (unpaired) electrons. The molecule has 0 aliphatic heterocycles. The topological polar surface area (TPSA) is 43.4 Å². The first-order chi connectivity index (χ1) is 14.0. The van der Waals surface area contributed by atoms with Crippen molar-refractivity contribution in [1.82, 2.24) is 0 Å². The van der Waals surface area contributed by atoms with E-state index in [0.29, 0.717) is 29.7 Å². The van der Waals surface area contributed by atoms with Crippen molar-refractivity contribution in [2.75, 3.05) is 0 Å². The highest BCUT2D eigenvalue weighted by Crippen LogP contribution is 2.36. The molecule has 1 saturated carbocycles. The SMILES string of the molecule is CC1CCC(C(C)C)C(OC(=O)C(Cc2ccccc2)C(=O)c2ccccc2)C1. The van der Waals surface area contributed by atoms with Crippen molar-refractivity contribution >= 4 is 11.8 Å². The molecule has 0 aromatic heterocycles. The smallest absolute Gasteiger partial charge is 0.317 e. The van der Waals surface area contributed by atoms with Gasteiger partial charge in [-0.3, -0.25) is 9.59 Å². The molecular weight excluding hydrogens is 360 g/mol. The molecule has 3 heteroatoms. The fourth-order valence-corrected chi connectivity index (χ4v) is 4.42. The number of ether oxygens (including phenoxy) is 1. The Kier molecular flexibility index (Phi) is 7.24. The molecule has 3 rings (SSSR count). The van der Waals surface area contributed by atoms with E-state index in [4.69, 9.17) is 4.74 Å². The molecule has 0 saturated heterocycles. The average Bonchev–Trinajstić information content (AvgIpc) is 2.72. The minimum absolute atomic E-state index is 0.104. The van der Waals surface area contributed by atoms with Crippen LogP contribution in [0.4, 0.5) is 0 Å². The second-order valence-corrected chi connectivity index (χ2v) is 8.77. The van der Waals surface area contributed by atoms with Crippen LogP contribution in [0.1, 0.15) is 56.0 Å². The Hall–Kier alpha value is -2.42. The van der Waals surface area contributed by atoms with Crippen LogP contribution in [0.5, 0.6) is 0 Å². The summed E-state index contributed by atoms with van der Waals surface area (Å²) < 4.78 is 6.05. The highest BCUT2D eigenvalue weighted by molar-refractivity contribution is 6.08. The van der Waals surface area contributed by atoms with Gasteiger partial charge in [0.2, 0.25) is 0 Å². The van der Waals surface area contributed by atoms with Crippen LogP contribution in [0.3, 0.4) is 0 Å². The zero-order chi connectivity index (χ0) is 20.8. The van der Waals surface area contributed by atoms with Crippen molar-refractivity contribution in [3.05, 3.63) is 71.8 Å². The summed E-state index contributed by atoms with van der Waals surface area (Å²) >= 11 is 0. The fraction of sp³-hybridized carbons (Fsp3) is 0.462. The molecule has 0 bridgehead atoms. The molecule has 1 fully saturated rings. The summed E-state index contributed by atoms with van der Waals surface area (Å²) in [6.45, 7) is 6.60. The van der Waals surface area contributed by atoms with Crippen molar-refractivity contribution in [2.24, 2.45) is 23.7 Å². The molecule has 0 amide bonds. The second kappa shape index (κ2) is 9.87. The van der Waals surface area contributed by atoms with E-state index in [1.165, 1.54) is 6.42 Å². The molecule has 2 aromatic carbocycles. The summed E-state index contributed by atoms with van der Waals surface area (Å²) in [6.07, 6.45) is 3.39. The quantitative estimate of drug-likeness (QED) is 0.343. The Morgan fingerprint density at radius 1 is 0.966 bits per heavy atom. The van der Waals surface area contributed by atoms with Gasteiger partial charge in [0.25, 0.3) is 0 Å². The third-order valence-corrected chi connectivity index (χ3v) is 6.17. The summed E-state index contributed by atoms with van der Waals surface area (Å²) in [5, 5.41) is 0. The maximum Gasteiger partial charge on any atom is 0.317 e. The first-order valence-electron chi connectivity index (χ1n) is 10.8. The lowest BCUT2D eigenvalue weighted by Gasteiger charge is -2.37. The standard InChI is InChI=1S/C26H32O3/c1-18(2)22-15-14-19(3)16-24(22)29-26(28)23(17-20-10-6-4-7-11-20)25(27)21-12-8-5-9-13-21/h4-13,18-19,22-24H,14-17H2,1-3H3. The molecular formula is C26H32O3. The van der Waals surface area contributed by atoms with E-state index in [1.807, 2.05) is 48.5 Å². The number of esters is 1. The first kappa shape index (κ1) is 21.3. The fourth-order valence-electron chi connectivity index (χ4n) is 4.42. The van der Waals surface area contributed by atoms with Crippen molar-refractivity contribution in [3.8, 4) is 0 Å². The van der Waals surface area contributed by atoms with Gasteiger partial charge in [-0.15, -0.1) is 0 Å². The van der Waals surface area contributed by atoms with Crippen LogP contribution in [-0.4, -0.2) is 17.9 Å². The van der Waals surface area contributed by atoms with E-state index in [0.717, 1.165) is 18.4 Å². The largest absolute Gasteiger partial charge is 0.461 e. The van der Waals surface area contributed by atoms with Gasteiger partial charge in [-0.2, -0.15) is 0 Å². The van der Waals surface area contributed by atoms with E-state index < -0.39 is 5.92 Å².